The van der Waals surface area contributed by atoms with Gasteiger partial charge in [-0.2, -0.15) is 0 Å². The van der Waals surface area contributed by atoms with Crippen LogP contribution in [0.15, 0.2) is 48.6 Å². The molecule has 1 fully saturated rings. The molecule has 318 valence electrons. The molecule has 22 heteroatoms. The number of ether oxygens (including phenoxy) is 7. The van der Waals surface area contributed by atoms with E-state index in [-0.39, 0.29) is 38.4 Å². The van der Waals surface area contributed by atoms with E-state index in [4.69, 9.17) is 39.5 Å². The van der Waals surface area contributed by atoms with Crippen LogP contribution in [0.4, 0.5) is 9.59 Å². The highest BCUT2D eigenvalue weighted by Crippen LogP contribution is 2.37. The first-order valence-corrected chi connectivity index (χ1v) is 17.0. The first-order valence-electron chi connectivity index (χ1n) is 17.0. The minimum absolute atomic E-state index is 0.00993. The van der Waals surface area contributed by atoms with Crippen LogP contribution in [0.25, 0.3) is 12.2 Å². The van der Waals surface area contributed by atoms with Gasteiger partial charge in [0.25, 0.3) is 0 Å². The van der Waals surface area contributed by atoms with Gasteiger partial charge in [-0.25, -0.2) is 54.4 Å². The summed E-state index contributed by atoms with van der Waals surface area (Å²) in [6, 6.07) is 9.40. The number of aliphatic hydroxyl groups excluding tert-OH is 1. The van der Waals surface area contributed by atoms with Crippen molar-refractivity contribution < 1.29 is 108 Å². The molecule has 0 spiro atoms. The fourth-order valence-electron chi connectivity index (χ4n) is 5.78. The predicted octanol–water partition coefficient (Wildman–Crippen LogP) is 3.12. The van der Waals surface area contributed by atoms with Crippen LogP contribution in [0.2, 0.25) is 0 Å². The number of carbonyl (C=O) groups is 5. The fraction of sp³-hybridized carbons (Fsp3) is 0.417. The highest BCUT2D eigenvalue weighted by atomic mass is 17.5. The highest BCUT2D eigenvalue weighted by molar-refractivity contribution is 5.89. The molecular weight excluding hydrogens is 784 g/mol. The van der Waals surface area contributed by atoms with Crippen LogP contribution in [0.1, 0.15) is 40.7 Å². The summed E-state index contributed by atoms with van der Waals surface area (Å²) in [4.78, 5) is 76.8. The fourth-order valence-corrected chi connectivity index (χ4v) is 5.78. The average molecular weight is 827 g/mol. The average Bonchev–Trinajstić information content (AvgIpc) is 3.21. The summed E-state index contributed by atoms with van der Waals surface area (Å²) in [6.07, 6.45) is -3.32. The normalized spacial score (nSPS) is 19.1. The lowest BCUT2D eigenvalue weighted by molar-refractivity contribution is -0.490. The monoisotopic (exact) mass is 826 g/mol. The second kappa shape index (κ2) is 24.3. The van der Waals surface area contributed by atoms with Crippen molar-refractivity contribution in [2.75, 3.05) is 41.2 Å². The number of carbonyl (C=O) groups excluding carboxylic acids is 5. The van der Waals surface area contributed by atoms with E-state index in [1.165, 1.54) is 30.4 Å². The van der Waals surface area contributed by atoms with Crippen molar-refractivity contribution in [3.05, 3.63) is 76.4 Å². The van der Waals surface area contributed by atoms with Crippen molar-refractivity contribution in [3.8, 4) is 5.75 Å². The Morgan fingerprint density at radius 2 is 1.21 bits per heavy atom. The molecule has 2 aromatic rings. The van der Waals surface area contributed by atoms with Crippen molar-refractivity contribution in [1.29, 1.82) is 0 Å². The number of methoxy groups -OCH3 is 3. The van der Waals surface area contributed by atoms with Gasteiger partial charge < -0.3 is 38.3 Å². The van der Waals surface area contributed by atoms with E-state index < -0.39 is 67.0 Å². The van der Waals surface area contributed by atoms with Crippen LogP contribution in [-0.4, -0.2) is 116 Å². The minimum Gasteiger partial charge on any atom is -0.466 e. The third-order valence-corrected chi connectivity index (χ3v) is 8.36. The molecule has 3 rings (SSSR count). The summed E-state index contributed by atoms with van der Waals surface area (Å²) < 4.78 is 35.4. The lowest BCUT2D eigenvalue weighted by Crippen LogP contribution is -2.60. The molecule has 2 aromatic carbocycles. The maximum atomic E-state index is 13.3. The van der Waals surface area contributed by atoms with Crippen LogP contribution in [0.3, 0.4) is 0 Å². The van der Waals surface area contributed by atoms with E-state index in [2.05, 4.69) is 39.3 Å². The molecule has 4 atom stereocenters. The van der Waals surface area contributed by atoms with E-state index in [0.29, 0.717) is 28.7 Å². The summed E-state index contributed by atoms with van der Waals surface area (Å²) in [5.41, 5.74) is 0.438. The number of benzene rings is 2. The largest absolute Gasteiger partial charge is 0.513 e. The number of esters is 3. The molecule has 22 nitrogen and oxygen atoms in total. The maximum Gasteiger partial charge on any atom is 0.513 e. The molecule has 0 bridgehead atoms. The van der Waals surface area contributed by atoms with Crippen molar-refractivity contribution >= 4 is 42.4 Å². The Labute approximate surface area is 329 Å². The third kappa shape index (κ3) is 14.4. The van der Waals surface area contributed by atoms with Gasteiger partial charge in [0.2, 0.25) is 5.60 Å². The Hall–Kier alpha value is -5.53. The van der Waals surface area contributed by atoms with Crippen molar-refractivity contribution in [3.63, 3.8) is 0 Å². The summed E-state index contributed by atoms with van der Waals surface area (Å²) in [5, 5.41) is 47.6. The zero-order valence-electron chi connectivity index (χ0n) is 31.3. The molecule has 1 saturated carbocycles. The molecule has 0 amide bonds. The Morgan fingerprint density at radius 3 is 1.78 bits per heavy atom. The molecule has 0 heterocycles. The van der Waals surface area contributed by atoms with Gasteiger partial charge in [-0.15, -0.1) is 0 Å². The smallest absolute Gasteiger partial charge is 0.466 e. The van der Waals surface area contributed by atoms with Gasteiger partial charge in [-0.1, -0.05) is 39.4 Å². The Morgan fingerprint density at radius 1 is 0.672 bits per heavy atom. The second-order valence-corrected chi connectivity index (χ2v) is 12.0. The lowest BCUT2D eigenvalue weighted by Gasteiger charge is -2.42. The van der Waals surface area contributed by atoms with Crippen LogP contribution < -0.4 is 4.74 Å². The molecule has 0 unspecified atom stereocenters. The number of rotatable bonds is 21. The van der Waals surface area contributed by atoms with E-state index in [1.807, 2.05) is 0 Å². The standard InChI is InChI=1S/C36H42O22/c1-46-33(40)36(55-35(42)48-3)20-27(37)32(54-31(39)11-7-23-5-9-28(53-34(41)47-2)26(19-23)14-17-51-58-45)29(21-36)52-30(38)10-6-22-4-8-24(12-15-49-56-43)25(18-22)13-16-50-57-44/h4-11,18-19,27,29,32,37,43-45H,12-17,20-21H2,1-3H3/b10-6+,11-7+/t27-,29-,32+,36-/m1/s1. The quantitative estimate of drug-likeness (QED) is 0.0267. The molecular formula is C36H42O22. The lowest BCUT2D eigenvalue weighted by atomic mass is 9.79. The van der Waals surface area contributed by atoms with Gasteiger partial charge in [0, 0.05) is 31.4 Å². The number of hydrogen-bond donors (Lipinski definition) is 4. The van der Waals surface area contributed by atoms with Gasteiger partial charge in [0.1, 0.15) is 11.9 Å². The Balaban J connectivity index is 1.88. The van der Waals surface area contributed by atoms with Crippen molar-refractivity contribution in [1.82, 2.24) is 0 Å². The predicted molar refractivity (Wildman–Crippen MR) is 187 cm³/mol. The molecule has 1 aliphatic rings. The van der Waals surface area contributed by atoms with Gasteiger partial charge in [-0.3, -0.25) is 0 Å². The Bertz CT molecular complexity index is 1740. The van der Waals surface area contributed by atoms with Gasteiger partial charge >= 0.3 is 30.2 Å². The molecule has 58 heavy (non-hydrogen) atoms. The third-order valence-electron chi connectivity index (χ3n) is 8.36. The Kier molecular flexibility index (Phi) is 19.6. The molecule has 0 radical (unpaired) electrons. The van der Waals surface area contributed by atoms with Gasteiger partial charge in [-0.05, 0) is 64.9 Å². The molecule has 0 saturated heterocycles. The zero-order valence-corrected chi connectivity index (χ0v) is 31.3. The number of hydrogen-bond acceptors (Lipinski definition) is 22. The number of aliphatic hydroxyl groups is 1. The van der Waals surface area contributed by atoms with Gasteiger partial charge in [0.15, 0.2) is 6.10 Å². The first kappa shape index (κ1) is 46.8. The van der Waals surface area contributed by atoms with Crippen LogP contribution >= 0.6 is 0 Å². The summed E-state index contributed by atoms with van der Waals surface area (Å²) in [5.74, 6) is -3.10. The van der Waals surface area contributed by atoms with Crippen molar-refractivity contribution in [2.24, 2.45) is 0 Å². The molecule has 0 aromatic heterocycles. The molecule has 0 aliphatic heterocycles. The van der Waals surface area contributed by atoms with E-state index in [9.17, 15) is 29.1 Å². The minimum atomic E-state index is -2.24. The SMILES string of the molecule is COC(=O)Oc1ccc(/C=C/C(=O)O[C@H]2[C@H](O)C[C@](OC(=O)OC)(C(=O)OC)C[C@H]2OC(=O)/C=C/c2ccc(CCOOO)c(CCOOO)c2)cc1CCOOO. The van der Waals surface area contributed by atoms with E-state index >= 15 is 0 Å². The molecule has 4 N–H and O–H groups in total. The van der Waals surface area contributed by atoms with E-state index in [1.54, 1.807) is 18.2 Å². The summed E-state index contributed by atoms with van der Waals surface area (Å²) >= 11 is 0. The van der Waals surface area contributed by atoms with E-state index in [0.717, 1.165) is 39.0 Å². The van der Waals surface area contributed by atoms with Crippen LogP contribution in [0, 0.1) is 0 Å². The summed E-state index contributed by atoms with van der Waals surface area (Å²) in [7, 11) is 3.10. The second-order valence-electron chi connectivity index (χ2n) is 12.0. The summed E-state index contributed by atoms with van der Waals surface area (Å²) in [6.45, 7) is -0.224. The first-order chi connectivity index (χ1) is 27.9. The topological polar surface area (TPSA) is 286 Å². The molecule has 1 aliphatic carbocycles. The van der Waals surface area contributed by atoms with Crippen LogP contribution in [-0.2, 0) is 91.8 Å². The van der Waals surface area contributed by atoms with Gasteiger partial charge in [0.05, 0.1) is 47.3 Å². The van der Waals surface area contributed by atoms with Crippen LogP contribution in [0.5, 0.6) is 5.75 Å². The van der Waals surface area contributed by atoms with Crippen molar-refractivity contribution in [2.45, 2.75) is 56.0 Å². The zero-order chi connectivity index (χ0) is 42.5. The maximum absolute atomic E-state index is 13.3. The highest BCUT2D eigenvalue weighted by Gasteiger charge is 2.57.